The molecule has 0 saturated carbocycles. The predicted octanol–water partition coefficient (Wildman–Crippen LogP) is 2.00. The van der Waals surface area contributed by atoms with Gasteiger partial charge in [0.05, 0.1) is 24.7 Å². The lowest BCUT2D eigenvalue weighted by Crippen LogP contribution is -2.39. The molecule has 0 aliphatic carbocycles. The van der Waals surface area contributed by atoms with Crippen LogP contribution in [0.4, 0.5) is 0 Å². The summed E-state index contributed by atoms with van der Waals surface area (Å²) < 4.78 is 1.99. The Morgan fingerprint density at radius 1 is 1.31 bits per heavy atom. The van der Waals surface area contributed by atoms with Gasteiger partial charge >= 0.3 is 0 Å². The van der Waals surface area contributed by atoms with Gasteiger partial charge in [0, 0.05) is 49.8 Å². The van der Waals surface area contributed by atoms with Crippen molar-refractivity contribution in [1.82, 2.24) is 30.0 Å². The molecule has 134 valence electrons. The van der Waals surface area contributed by atoms with Gasteiger partial charge in [0.2, 0.25) is 5.91 Å². The zero-order valence-corrected chi connectivity index (χ0v) is 15.1. The van der Waals surface area contributed by atoms with Crippen LogP contribution in [-0.2, 0) is 24.4 Å². The van der Waals surface area contributed by atoms with Gasteiger partial charge in [-0.3, -0.25) is 19.4 Å². The maximum absolute atomic E-state index is 12.4. The Balaban J connectivity index is 1.39. The van der Waals surface area contributed by atoms with Crippen LogP contribution in [0.1, 0.15) is 28.7 Å². The van der Waals surface area contributed by atoms with E-state index < -0.39 is 0 Å². The van der Waals surface area contributed by atoms with Crippen LogP contribution < -0.4 is 5.32 Å². The largest absolute Gasteiger partial charge is 0.352 e. The first-order valence-corrected chi connectivity index (χ1v) is 9.44. The fourth-order valence-electron chi connectivity index (χ4n) is 3.25. The minimum atomic E-state index is 0.0244. The molecule has 0 saturated heterocycles. The van der Waals surface area contributed by atoms with Crippen LogP contribution in [0.5, 0.6) is 0 Å². The lowest BCUT2D eigenvalue weighted by atomic mass is 10.1. The maximum Gasteiger partial charge on any atom is 0.222 e. The Morgan fingerprint density at radius 2 is 2.27 bits per heavy atom. The number of hydrogen-bond acceptors (Lipinski definition) is 6. The first-order valence-electron chi connectivity index (χ1n) is 8.56. The molecule has 1 atom stereocenters. The Kier molecular flexibility index (Phi) is 5.03. The van der Waals surface area contributed by atoms with E-state index in [2.05, 4.69) is 25.3 Å². The number of fused-ring (bicyclic) bond motifs is 1. The molecule has 0 bridgehead atoms. The first-order chi connectivity index (χ1) is 12.8. The van der Waals surface area contributed by atoms with E-state index in [1.165, 1.54) is 0 Å². The van der Waals surface area contributed by atoms with Crippen LogP contribution in [0.15, 0.2) is 48.4 Å². The van der Waals surface area contributed by atoms with Crippen LogP contribution in [-0.4, -0.2) is 37.1 Å². The lowest BCUT2D eigenvalue weighted by molar-refractivity contribution is -0.122. The highest BCUT2D eigenvalue weighted by Gasteiger charge is 2.27. The summed E-state index contributed by atoms with van der Waals surface area (Å²) in [6.07, 6.45) is 7.54. The third kappa shape index (κ3) is 3.97. The van der Waals surface area contributed by atoms with E-state index in [9.17, 15) is 4.79 Å². The number of nitrogens with zero attached hydrogens (tertiary/aromatic N) is 5. The van der Waals surface area contributed by atoms with Crippen molar-refractivity contribution in [1.29, 1.82) is 0 Å². The Bertz CT molecular complexity index is 848. The summed E-state index contributed by atoms with van der Waals surface area (Å²) in [5.74, 6) is 0.0244. The predicted molar refractivity (Wildman–Crippen MR) is 98.2 cm³/mol. The maximum atomic E-state index is 12.4. The number of amides is 1. The number of nitrogens with one attached hydrogen (secondary N) is 1. The monoisotopic (exact) mass is 368 g/mol. The number of hydrogen-bond donors (Lipinski definition) is 1. The Labute approximate surface area is 155 Å². The zero-order chi connectivity index (χ0) is 17.8. The van der Waals surface area contributed by atoms with Crippen LogP contribution in [0.2, 0.25) is 0 Å². The molecule has 1 aliphatic heterocycles. The molecule has 4 heterocycles. The fraction of sp³-hybridized carbons (Fsp3) is 0.333. The second kappa shape index (κ2) is 7.76. The summed E-state index contributed by atoms with van der Waals surface area (Å²) in [5.41, 5.74) is 2.13. The van der Waals surface area contributed by atoms with E-state index >= 15 is 0 Å². The molecule has 1 aliphatic rings. The van der Waals surface area contributed by atoms with Crippen LogP contribution >= 0.6 is 11.3 Å². The Morgan fingerprint density at radius 3 is 3.08 bits per heavy atom. The average molecular weight is 368 g/mol. The highest BCUT2D eigenvalue weighted by Crippen LogP contribution is 2.24. The van der Waals surface area contributed by atoms with E-state index in [-0.39, 0.29) is 11.9 Å². The topological polar surface area (TPSA) is 75.9 Å². The molecule has 3 aromatic heterocycles. The number of carbonyl (C=O) groups excluding carboxylic acids is 1. The standard InChI is InChI=1S/C18H20N6OS/c25-17(21-10-14-2-1-4-19-9-14)8-16-12-23(13-18-20-6-7-26-18)11-15-3-5-22-24(15)16/h1-7,9,16H,8,10-13H2,(H,21,25)/t16-/m0/s1. The minimum absolute atomic E-state index is 0.0244. The van der Waals surface area contributed by atoms with Gasteiger partial charge < -0.3 is 5.32 Å². The molecular weight excluding hydrogens is 348 g/mol. The van der Waals surface area contributed by atoms with Gasteiger partial charge in [0.1, 0.15) is 5.01 Å². The van der Waals surface area contributed by atoms with Gasteiger partial charge in [-0.1, -0.05) is 6.07 Å². The summed E-state index contributed by atoms with van der Waals surface area (Å²) in [6.45, 7) is 2.91. The molecular formula is C18H20N6OS. The third-order valence-electron chi connectivity index (χ3n) is 4.43. The summed E-state index contributed by atoms with van der Waals surface area (Å²) >= 11 is 1.66. The molecule has 0 radical (unpaired) electrons. The smallest absolute Gasteiger partial charge is 0.222 e. The molecule has 1 N–H and O–H groups in total. The van der Waals surface area contributed by atoms with Gasteiger partial charge in [-0.2, -0.15) is 5.10 Å². The molecule has 7 nitrogen and oxygen atoms in total. The lowest BCUT2D eigenvalue weighted by Gasteiger charge is -2.33. The fourth-order valence-corrected chi connectivity index (χ4v) is 3.91. The number of thiazole rings is 1. The second-order valence-electron chi connectivity index (χ2n) is 6.36. The molecule has 0 aromatic carbocycles. The van der Waals surface area contributed by atoms with E-state index in [4.69, 9.17) is 0 Å². The van der Waals surface area contributed by atoms with Crippen molar-refractivity contribution in [2.24, 2.45) is 0 Å². The highest BCUT2D eigenvalue weighted by atomic mass is 32.1. The van der Waals surface area contributed by atoms with Gasteiger partial charge in [0.25, 0.3) is 0 Å². The van der Waals surface area contributed by atoms with Crippen molar-refractivity contribution in [2.45, 2.75) is 32.1 Å². The van der Waals surface area contributed by atoms with Crippen molar-refractivity contribution in [3.05, 3.63) is 64.6 Å². The van der Waals surface area contributed by atoms with Gasteiger partial charge in [-0.15, -0.1) is 11.3 Å². The number of carbonyl (C=O) groups is 1. The van der Waals surface area contributed by atoms with Crippen LogP contribution in [0.3, 0.4) is 0 Å². The zero-order valence-electron chi connectivity index (χ0n) is 14.3. The van der Waals surface area contributed by atoms with E-state index in [1.807, 2.05) is 40.7 Å². The SMILES string of the molecule is O=C(C[C@H]1CN(Cc2nccs2)Cc2ccnn21)NCc1cccnc1. The van der Waals surface area contributed by atoms with E-state index in [0.29, 0.717) is 13.0 Å². The van der Waals surface area contributed by atoms with Crippen molar-refractivity contribution >= 4 is 17.2 Å². The van der Waals surface area contributed by atoms with Crippen molar-refractivity contribution in [3.8, 4) is 0 Å². The number of aromatic nitrogens is 4. The summed E-state index contributed by atoms with van der Waals surface area (Å²) in [7, 11) is 0. The summed E-state index contributed by atoms with van der Waals surface area (Å²) in [4.78, 5) is 23.2. The van der Waals surface area contributed by atoms with Gasteiger partial charge in [-0.05, 0) is 17.7 Å². The number of pyridine rings is 1. The minimum Gasteiger partial charge on any atom is -0.352 e. The third-order valence-corrected chi connectivity index (χ3v) is 5.19. The molecule has 0 fully saturated rings. The molecule has 8 heteroatoms. The highest BCUT2D eigenvalue weighted by molar-refractivity contribution is 7.09. The van der Waals surface area contributed by atoms with Crippen LogP contribution in [0, 0.1) is 0 Å². The van der Waals surface area contributed by atoms with Crippen molar-refractivity contribution in [3.63, 3.8) is 0 Å². The van der Waals surface area contributed by atoms with Crippen molar-refractivity contribution < 1.29 is 4.79 Å². The molecule has 0 spiro atoms. The van der Waals surface area contributed by atoms with Crippen molar-refractivity contribution in [2.75, 3.05) is 6.54 Å². The molecule has 0 unspecified atom stereocenters. The molecule has 26 heavy (non-hydrogen) atoms. The molecule has 3 aromatic rings. The molecule has 1 amide bonds. The first kappa shape index (κ1) is 16.9. The summed E-state index contributed by atoms with van der Waals surface area (Å²) in [6, 6.07) is 5.88. The van der Waals surface area contributed by atoms with Gasteiger partial charge in [-0.25, -0.2) is 4.98 Å². The second-order valence-corrected chi connectivity index (χ2v) is 7.34. The normalized spacial score (nSPS) is 17.0. The van der Waals surface area contributed by atoms with E-state index in [1.54, 1.807) is 23.7 Å². The Hall–Kier alpha value is -2.58. The molecule has 4 rings (SSSR count). The van der Waals surface area contributed by atoms with Gasteiger partial charge in [0.15, 0.2) is 0 Å². The quantitative estimate of drug-likeness (QED) is 0.720. The van der Waals surface area contributed by atoms with Crippen LogP contribution in [0.25, 0.3) is 0 Å². The average Bonchev–Trinajstić information content (AvgIpc) is 3.33. The summed E-state index contributed by atoms with van der Waals surface area (Å²) in [5, 5.41) is 10.5. The van der Waals surface area contributed by atoms with E-state index in [0.717, 1.165) is 35.9 Å². The number of rotatable bonds is 6.